The van der Waals surface area contributed by atoms with Crippen molar-refractivity contribution in [2.45, 2.75) is 45.1 Å². The summed E-state index contributed by atoms with van der Waals surface area (Å²) in [5.74, 6) is 0.837. The van der Waals surface area contributed by atoms with E-state index in [4.69, 9.17) is 16.3 Å². The third-order valence-electron chi connectivity index (χ3n) is 4.63. The van der Waals surface area contributed by atoms with Crippen LogP contribution < -0.4 is 10.1 Å². The number of amides is 1. The number of hydrogen-bond acceptors (Lipinski definition) is 2. The van der Waals surface area contributed by atoms with Gasteiger partial charge in [-0.25, -0.2) is 0 Å². The van der Waals surface area contributed by atoms with E-state index in [2.05, 4.69) is 23.5 Å². The van der Waals surface area contributed by atoms with E-state index in [0.717, 1.165) is 12.2 Å². The second kappa shape index (κ2) is 8.39. The molecule has 0 fully saturated rings. The van der Waals surface area contributed by atoms with Gasteiger partial charge in [0.25, 0.3) is 0 Å². The molecule has 0 aromatic heterocycles. The Morgan fingerprint density at radius 3 is 2.72 bits per heavy atom. The average Bonchev–Trinajstić information content (AvgIpc) is 3.08. The molecule has 0 saturated carbocycles. The Morgan fingerprint density at radius 1 is 1.16 bits per heavy atom. The predicted octanol–water partition coefficient (Wildman–Crippen LogP) is 4.87. The van der Waals surface area contributed by atoms with Crippen molar-refractivity contribution in [1.82, 2.24) is 5.32 Å². The molecule has 2 aromatic rings. The number of ether oxygens (including phenoxy) is 1. The van der Waals surface area contributed by atoms with Gasteiger partial charge in [-0.2, -0.15) is 0 Å². The molecule has 1 aliphatic carbocycles. The fourth-order valence-electron chi connectivity index (χ4n) is 3.21. The molecule has 132 valence electrons. The van der Waals surface area contributed by atoms with E-state index in [9.17, 15) is 4.79 Å². The van der Waals surface area contributed by atoms with E-state index in [1.165, 1.54) is 29.5 Å². The quantitative estimate of drug-likeness (QED) is 0.718. The van der Waals surface area contributed by atoms with Gasteiger partial charge in [0.05, 0.1) is 12.6 Å². The number of halogens is 1. The van der Waals surface area contributed by atoms with Crippen LogP contribution in [0, 0.1) is 0 Å². The summed E-state index contributed by atoms with van der Waals surface area (Å²) in [5, 5.41) is 3.77. The molecule has 3 nitrogen and oxygen atoms in total. The first kappa shape index (κ1) is 17.8. The van der Waals surface area contributed by atoms with E-state index in [1.807, 2.05) is 19.1 Å². The number of fused-ring (bicyclic) bond motifs is 1. The van der Waals surface area contributed by atoms with Crippen molar-refractivity contribution in [3.05, 3.63) is 64.2 Å². The summed E-state index contributed by atoms with van der Waals surface area (Å²) in [4.78, 5) is 12.1. The number of carbonyl (C=O) groups excluding carboxylic acids is 1. The van der Waals surface area contributed by atoms with Crippen molar-refractivity contribution in [2.75, 3.05) is 6.61 Å². The van der Waals surface area contributed by atoms with Gasteiger partial charge in [-0.15, -0.1) is 0 Å². The highest BCUT2D eigenvalue weighted by molar-refractivity contribution is 6.30. The van der Waals surface area contributed by atoms with Gasteiger partial charge >= 0.3 is 0 Å². The van der Waals surface area contributed by atoms with Crippen LogP contribution in [-0.2, 0) is 17.6 Å². The highest BCUT2D eigenvalue weighted by Gasteiger charge is 2.14. The third kappa shape index (κ3) is 4.99. The molecule has 0 spiro atoms. The zero-order valence-electron chi connectivity index (χ0n) is 14.6. The summed E-state index contributed by atoms with van der Waals surface area (Å²) >= 11 is 5.84. The van der Waals surface area contributed by atoms with Crippen molar-refractivity contribution in [1.29, 1.82) is 0 Å². The molecular weight excluding hydrogens is 334 g/mol. The number of hydrogen-bond donors (Lipinski definition) is 1. The van der Waals surface area contributed by atoms with Crippen molar-refractivity contribution < 1.29 is 9.53 Å². The molecule has 1 atom stereocenters. The molecule has 0 heterocycles. The summed E-state index contributed by atoms with van der Waals surface area (Å²) in [7, 11) is 0. The van der Waals surface area contributed by atoms with Gasteiger partial charge in [0, 0.05) is 11.4 Å². The SMILES string of the molecule is C[C@H](NC(=O)CCCOc1ccc(Cl)cc1)c1ccc2c(c1)CCC2. The third-order valence-corrected chi connectivity index (χ3v) is 4.88. The Hall–Kier alpha value is -2.00. The molecule has 0 unspecified atom stereocenters. The maximum absolute atomic E-state index is 12.1. The number of carbonyl (C=O) groups is 1. The number of rotatable bonds is 7. The first-order valence-corrected chi connectivity index (χ1v) is 9.29. The number of benzene rings is 2. The maximum atomic E-state index is 12.1. The monoisotopic (exact) mass is 357 g/mol. The van der Waals surface area contributed by atoms with Gasteiger partial charge in [-0.05, 0) is 73.6 Å². The standard InChI is InChI=1S/C21H24ClNO2/c1-15(17-8-7-16-4-2-5-18(16)14-17)23-21(24)6-3-13-25-20-11-9-19(22)10-12-20/h7-12,14-15H,2-6,13H2,1H3,(H,23,24)/t15-/m0/s1. The molecule has 1 amide bonds. The lowest BCUT2D eigenvalue weighted by atomic mass is 10.0. The van der Waals surface area contributed by atoms with Gasteiger partial charge in [0.2, 0.25) is 5.91 Å². The average molecular weight is 358 g/mol. The summed E-state index contributed by atoms with van der Waals surface area (Å²) < 4.78 is 5.61. The van der Waals surface area contributed by atoms with E-state index in [1.54, 1.807) is 12.1 Å². The molecule has 3 rings (SSSR count). The summed E-state index contributed by atoms with van der Waals surface area (Å²) in [5.41, 5.74) is 4.09. The molecule has 0 aliphatic heterocycles. The summed E-state index contributed by atoms with van der Waals surface area (Å²) in [6.45, 7) is 2.56. The Kier molecular flexibility index (Phi) is 5.98. The van der Waals surface area contributed by atoms with Gasteiger partial charge in [0.1, 0.15) is 5.75 Å². The zero-order valence-corrected chi connectivity index (χ0v) is 15.3. The minimum absolute atomic E-state index is 0.0376. The van der Waals surface area contributed by atoms with Crippen LogP contribution in [0.1, 0.15) is 48.9 Å². The van der Waals surface area contributed by atoms with Crippen molar-refractivity contribution in [3.8, 4) is 5.75 Å². The topological polar surface area (TPSA) is 38.3 Å². The smallest absolute Gasteiger partial charge is 0.220 e. The fraction of sp³-hybridized carbons (Fsp3) is 0.381. The Morgan fingerprint density at radius 2 is 1.92 bits per heavy atom. The lowest BCUT2D eigenvalue weighted by molar-refractivity contribution is -0.121. The highest BCUT2D eigenvalue weighted by atomic mass is 35.5. The molecule has 1 aliphatic rings. The van der Waals surface area contributed by atoms with Crippen LogP contribution in [0.3, 0.4) is 0 Å². The van der Waals surface area contributed by atoms with Gasteiger partial charge in [0.15, 0.2) is 0 Å². The second-order valence-corrected chi connectivity index (χ2v) is 7.01. The molecule has 1 N–H and O–H groups in total. The van der Waals surface area contributed by atoms with Crippen molar-refractivity contribution in [2.24, 2.45) is 0 Å². The largest absolute Gasteiger partial charge is 0.494 e. The van der Waals surface area contributed by atoms with Gasteiger partial charge in [-0.1, -0.05) is 29.8 Å². The molecular formula is C21H24ClNO2. The molecule has 0 radical (unpaired) electrons. The van der Waals surface area contributed by atoms with Crippen LogP contribution in [0.5, 0.6) is 5.75 Å². The molecule has 0 saturated heterocycles. The lowest BCUT2D eigenvalue weighted by Gasteiger charge is -2.16. The van der Waals surface area contributed by atoms with Crippen LogP contribution in [0.25, 0.3) is 0 Å². The van der Waals surface area contributed by atoms with Gasteiger partial charge < -0.3 is 10.1 Å². The van der Waals surface area contributed by atoms with E-state index >= 15 is 0 Å². The molecule has 25 heavy (non-hydrogen) atoms. The Labute approximate surface area is 154 Å². The second-order valence-electron chi connectivity index (χ2n) is 6.58. The van der Waals surface area contributed by atoms with Crippen LogP contribution in [-0.4, -0.2) is 12.5 Å². The number of aryl methyl sites for hydroxylation is 2. The summed E-state index contributed by atoms with van der Waals surface area (Å²) in [6, 6.07) is 13.9. The lowest BCUT2D eigenvalue weighted by Crippen LogP contribution is -2.26. The van der Waals surface area contributed by atoms with Crippen LogP contribution in [0.15, 0.2) is 42.5 Å². The first-order chi connectivity index (χ1) is 12.1. The van der Waals surface area contributed by atoms with E-state index in [-0.39, 0.29) is 11.9 Å². The fourth-order valence-corrected chi connectivity index (χ4v) is 3.34. The number of nitrogens with one attached hydrogen (secondary N) is 1. The van der Waals surface area contributed by atoms with Crippen LogP contribution >= 0.6 is 11.6 Å². The Balaban J connectivity index is 1.40. The predicted molar refractivity (Wildman–Crippen MR) is 101 cm³/mol. The molecule has 0 bridgehead atoms. The van der Waals surface area contributed by atoms with Crippen molar-refractivity contribution in [3.63, 3.8) is 0 Å². The van der Waals surface area contributed by atoms with Crippen LogP contribution in [0.2, 0.25) is 5.02 Å². The summed E-state index contributed by atoms with van der Waals surface area (Å²) in [6.07, 6.45) is 4.73. The van der Waals surface area contributed by atoms with Crippen molar-refractivity contribution >= 4 is 17.5 Å². The normalized spacial score (nSPS) is 14.0. The molecule has 4 heteroatoms. The zero-order chi connectivity index (χ0) is 17.6. The van der Waals surface area contributed by atoms with E-state index in [0.29, 0.717) is 24.5 Å². The Bertz CT molecular complexity index is 727. The first-order valence-electron chi connectivity index (χ1n) is 8.91. The van der Waals surface area contributed by atoms with Gasteiger partial charge in [-0.3, -0.25) is 4.79 Å². The minimum atomic E-state index is 0.0376. The van der Waals surface area contributed by atoms with Crippen LogP contribution in [0.4, 0.5) is 0 Å². The molecule has 2 aromatic carbocycles. The van der Waals surface area contributed by atoms with E-state index < -0.39 is 0 Å². The maximum Gasteiger partial charge on any atom is 0.220 e. The minimum Gasteiger partial charge on any atom is -0.494 e. The highest BCUT2D eigenvalue weighted by Crippen LogP contribution is 2.25.